The van der Waals surface area contributed by atoms with Gasteiger partial charge in [-0.3, -0.25) is 0 Å². The van der Waals surface area contributed by atoms with Crippen LogP contribution < -0.4 is 9.16 Å². The summed E-state index contributed by atoms with van der Waals surface area (Å²) in [6.45, 7) is 19.2. The van der Waals surface area contributed by atoms with Gasteiger partial charge in [-0.25, -0.2) is 0 Å². The Kier molecular flexibility index (Phi) is 7.41. The van der Waals surface area contributed by atoms with E-state index in [-0.39, 0.29) is 29.0 Å². The fraction of sp³-hybridized carbons (Fsp3) is 0.500. The summed E-state index contributed by atoms with van der Waals surface area (Å²) in [6, 6.07) is 11.4. The molecule has 2 aromatic rings. The number of hydrogen-bond acceptors (Lipinski definition) is 5. The van der Waals surface area contributed by atoms with Gasteiger partial charge in [-0.1, -0.05) is 46.8 Å². The summed E-state index contributed by atoms with van der Waals surface area (Å²) in [4.78, 5) is 10.7. The molecule has 7 heteroatoms. The molecule has 5 nitrogen and oxygen atoms in total. The molecule has 0 bridgehead atoms. The molecule has 0 aliphatic carbocycles. The summed E-state index contributed by atoms with van der Waals surface area (Å²) < 4.78 is 12.5. The Bertz CT molecular complexity index is 1120. The summed E-state index contributed by atoms with van der Waals surface area (Å²) >= 11 is 0. The average Bonchev–Trinajstić information content (AvgIpc) is 2.71. The van der Waals surface area contributed by atoms with Gasteiger partial charge < -0.3 is 24.2 Å². The number of hydrogen-bond donors (Lipinski definition) is 3. The predicted octanol–water partition coefficient (Wildman–Crippen LogP) is 6.59. The van der Waals surface area contributed by atoms with Gasteiger partial charge in [-0.15, -0.1) is 0 Å². The number of rotatable bonds is 7. The van der Waals surface area contributed by atoms with Crippen LogP contribution in [0.3, 0.4) is 0 Å². The smallest absolute Gasteiger partial charge is 0.250 e. The molecular formula is C28H42O5Si2. The van der Waals surface area contributed by atoms with Crippen molar-refractivity contribution in [3.05, 3.63) is 53.1 Å². The zero-order chi connectivity index (χ0) is 26.4. The van der Waals surface area contributed by atoms with Crippen molar-refractivity contribution >= 4 is 27.8 Å². The topological polar surface area (TPSA) is 79.2 Å². The molecule has 3 rings (SSSR count). The van der Waals surface area contributed by atoms with Crippen molar-refractivity contribution in [2.45, 2.75) is 77.3 Å². The van der Waals surface area contributed by atoms with Crippen LogP contribution in [0.25, 0.3) is 11.1 Å². The Balaban J connectivity index is 1.94. The van der Waals surface area contributed by atoms with E-state index >= 15 is 0 Å². The normalized spacial score (nSPS) is 15.1. The molecule has 0 fully saturated rings. The lowest BCUT2D eigenvalue weighted by atomic mass is 9.90. The first-order valence-corrected chi connectivity index (χ1v) is 18.2. The van der Waals surface area contributed by atoms with Gasteiger partial charge in [-0.05, 0) is 72.0 Å². The first kappa shape index (κ1) is 27.5. The predicted molar refractivity (Wildman–Crippen MR) is 149 cm³/mol. The van der Waals surface area contributed by atoms with Crippen LogP contribution in [0.2, 0.25) is 36.3 Å². The first-order chi connectivity index (χ1) is 16.0. The second kappa shape index (κ2) is 9.43. The molecule has 0 aromatic heterocycles. The summed E-state index contributed by atoms with van der Waals surface area (Å²) in [5.74, 6) is 1.49. The molecule has 35 heavy (non-hydrogen) atoms. The van der Waals surface area contributed by atoms with Gasteiger partial charge in [0, 0.05) is 22.8 Å². The van der Waals surface area contributed by atoms with E-state index in [1.54, 1.807) is 6.07 Å². The molecule has 1 aliphatic heterocycles. The minimum atomic E-state index is -2.34. The number of aromatic hydroxyl groups is 1. The molecule has 0 amide bonds. The molecule has 0 spiro atoms. The maximum absolute atomic E-state index is 10.9. The first-order valence-electron chi connectivity index (χ1n) is 12.3. The number of phenols is 1. The highest BCUT2D eigenvalue weighted by atomic mass is 28.4. The summed E-state index contributed by atoms with van der Waals surface area (Å²) in [7, 11) is -4.37. The van der Waals surface area contributed by atoms with Crippen LogP contribution in [0, 0.1) is 0 Å². The zero-order valence-electron chi connectivity index (χ0n) is 22.7. The van der Waals surface area contributed by atoms with Crippen LogP contribution in [-0.2, 0) is 6.42 Å². The SMILES string of the molecule is CC(C)(Cc1ccc2c(c1)OCC(c1ccc(O[Si](C)(C)C(C)(C)C)cc1O)=C2CO)[Si](C)(C)O. The van der Waals surface area contributed by atoms with Gasteiger partial charge in [0.1, 0.15) is 23.9 Å². The number of fused-ring (bicyclic) bond motifs is 1. The van der Waals surface area contributed by atoms with Crippen LogP contribution in [0.15, 0.2) is 36.4 Å². The van der Waals surface area contributed by atoms with E-state index in [1.165, 1.54) is 0 Å². The van der Waals surface area contributed by atoms with E-state index in [4.69, 9.17) is 9.16 Å². The maximum Gasteiger partial charge on any atom is 0.250 e. The standard InChI is InChI=1S/C28H42O5Si2/c1-27(2,3)35(8,9)33-20-11-13-21(25(30)15-20)24-18-32-26-14-19(10-12-22(26)23(24)17-29)16-28(4,5)34(6,7)31/h10-15,29-31H,16-18H2,1-9H3. The molecule has 0 saturated carbocycles. The van der Waals surface area contributed by atoms with Crippen molar-refractivity contribution in [3.63, 3.8) is 0 Å². The molecule has 1 aliphatic rings. The molecule has 0 saturated heterocycles. The van der Waals surface area contributed by atoms with Gasteiger partial charge >= 0.3 is 0 Å². The van der Waals surface area contributed by atoms with E-state index in [9.17, 15) is 15.0 Å². The summed E-state index contributed by atoms with van der Waals surface area (Å²) in [5, 5.41) is 21.0. The van der Waals surface area contributed by atoms with Crippen LogP contribution in [0.5, 0.6) is 17.2 Å². The van der Waals surface area contributed by atoms with E-state index in [1.807, 2.05) is 43.4 Å². The number of aliphatic hydroxyl groups excluding tert-OH is 1. The monoisotopic (exact) mass is 514 g/mol. The van der Waals surface area contributed by atoms with Crippen molar-refractivity contribution < 1.29 is 24.2 Å². The van der Waals surface area contributed by atoms with Gasteiger partial charge in [-0.2, -0.15) is 0 Å². The average molecular weight is 515 g/mol. The van der Waals surface area contributed by atoms with E-state index in [2.05, 4.69) is 47.7 Å². The van der Waals surface area contributed by atoms with E-state index in [0.29, 0.717) is 11.3 Å². The lowest BCUT2D eigenvalue weighted by Crippen LogP contribution is -2.43. The number of phenolic OH excluding ortho intramolecular Hbond substituents is 1. The Morgan fingerprint density at radius 3 is 2.11 bits per heavy atom. The summed E-state index contributed by atoms with van der Waals surface area (Å²) in [5.41, 5.74) is 4.09. The highest BCUT2D eigenvalue weighted by Crippen LogP contribution is 2.44. The molecule has 192 valence electrons. The van der Waals surface area contributed by atoms with Crippen molar-refractivity contribution in [1.82, 2.24) is 0 Å². The van der Waals surface area contributed by atoms with E-state index < -0.39 is 16.6 Å². The van der Waals surface area contributed by atoms with Gasteiger partial charge in [0.2, 0.25) is 8.32 Å². The quantitative estimate of drug-likeness (QED) is 0.363. The second-order valence-electron chi connectivity index (χ2n) is 12.4. The van der Waals surface area contributed by atoms with Gasteiger partial charge in [0.05, 0.1) is 6.61 Å². The maximum atomic E-state index is 10.9. The Morgan fingerprint density at radius 2 is 1.57 bits per heavy atom. The third-order valence-electron chi connectivity index (χ3n) is 8.04. The molecule has 0 radical (unpaired) electrons. The Hall–Kier alpha value is -2.07. The fourth-order valence-electron chi connectivity index (χ4n) is 3.87. The fourth-order valence-corrected chi connectivity index (χ4v) is 5.53. The van der Waals surface area contributed by atoms with Crippen molar-refractivity contribution in [3.8, 4) is 17.2 Å². The van der Waals surface area contributed by atoms with Crippen LogP contribution >= 0.6 is 0 Å². The zero-order valence-corrected chi connectivity index (χ0v) is 24.7. The van der Waals surface area contributed by atoms with Crippen LogP contribution in [0.1, 0.15) is 51.3 Å². The molecular weight excluding hydrogens is 472 g/mol. The number of aliphatic hydroxyl groups is 1. The van der Waals surface area contributed by atoms with Crippen molar-refractivity contribution in [1.29, 1.82) is 0 Å². The Labute approximate surface area is 212 Å². The highest BCUT2D eigenvalue weighted by molar-refractivity contribution is 6.74. The van der Waals surface area contributed by atoms with Crippen LogP contribution in [0.4, 0.5) is 0 Å². The Morgan fingerprint density at radius 1 is 0.943 bits per heavy atom. The summed E-state index contributed by atoms with van der Waals surface area (Å²) in [6.07, 6.45) is 0.751. The third kappa shape index (κ3) is 5.69. The van der Waals surface area contributed by atoms with Crippen molar-refractivity contribution in [2.24, 2.45) is 0 Å². The minimum Gasteiger partial charge on any atom is -0.543 e. The van der Waals surface area contributed by atoms with Gasteiger partial charge in [0.25, 0.3) is 0 Å². The minimum absolute atomic E-state index is 0.0536. The molecule has 0 atom stereocenters. The highest BCUT2D eigenvalue weighted by Gasteiger charge is 2.39. The molecule has 0 unspecified atom stereocenters. The van der Waals surface area contributed by atoms with Crippen LogP contribution in [-0.4, -0.2) is 44.9 Å². The molecule has 2 aromatic carbocycles. The molecule has 1 heterocycles. The lowest BCUT2D eigenvalue weighted by Gasteiger charge is -2.36. The van der Waals surface area contributed by atoms with Gasteiger partial charge in [0.15, 0.2) is 8.32 Å². The largest absolute Gasteiger partial charge is 0.543 e. The number of ether oxygens (including phenoxy) is 1. The number of benzene rings is 2. The third-order valence-corrected chi connectivity index (χ3v) is 15.9. The lowest BCUT2D eigenvalue weighted by molar-refractivity contribution is 0.336. The van der Waals surface area contributed by atoms with Crippen molar-refractivity contribution in [2.75, 3.05) is 13.2 Å². The molecule has 3 N–H and O–H groups in total. The second-order valence-corrected chi connectivity index (χ2v) is 21.6. The van der Waals surface area contributed by atoms with E-state index in [0.717, 1.165) is 34.4 Å².